The van der Waals surface area contributed by atoms with Crippen molar-refractivity contribution in [2.75, 3.05) is 0 Å². The number of hydrogen-bond donors (Lipinski definition) is 2. The molecule has 0 saturated carbocycles. The predicted molar refractivity (Wildman–Crippen MR) is 64.0 cm³/mol. The van der Waals surface area contributed by atoms with Gasteiger partial charge in [-0.2, -0.15) is 10.2 Å². The van der Waals surface area contributed by atoms with Gasteiger partial charge in [-0.15, -0.1) is 0 Å². The minimum Gasteiger partial charge on any atom is -0.472 e. The zero-order valence-corrected chi connectivity index (χ0v) is 9.97. The lowest BCUT2D eigenvalue weighted by Gasteiger charge is -2.17. The van der Waals surface area contributed by atoms with E-state index in [9.17, 15) is 0 Å². The summed E-state index contributed by atoms with van der Waals surface area (Å²) in [5.74, 6) is 5.61. The van der Waals surface area contributed by atoms with Crippen molar-refractivity contribution >= 4 is 0 Å². The van der Waals surface area contributed by atoms with Gasteiger partial charge in [0.05, 0.1) is 30.0 Å². The second-order valence-electron chi connectivity index (χ2n) is 4.08. The normalized spacial score (nSPS) is 12.6. The summed E-state index contributed by atoms with van der Waals surface area (Å²) in [6, 6.07) is 3.95. The summed E-state index contributed by atoms with van der Waals surface area (Å²) in [5.41, 5.74) is 6.76. The smallest absolute Gasteiger partial charge is 0.0935 e. The average Bonchev–Trinajstić information content (AvgIpc) is 2.82. The van der Waals surface area contributed by atoms with Crippen LogP contribution in [0.1, 0.15) is 28.6 Å². The van der Waals surface area contributed by atoms with Gasteiger partial charge in [-0.1, -0.05) is 0 Å². The number of nitrogens with two attached hydrogens (primary N) is 1. The van der Waals surface area contributed by atoms with Gasteiger partial charge in [0.2, 0.25) is 0 Å². The van der Waals surface area contributed by atoms with Crippen LogP contribution in [0.5, 0.6) is 0 Å². The summed E-state index contributed by atoms with van der Waals surface area (Å²) in [4.78, 5) is 0. The molecule has 0 aliphatic carbocycles. The summed E-state index contributed by atoms with van der Waals surface area (Å²) < 4.78 is 5.05. The van der Waals surface area contributed by atoms with Gasteiger partial charge in [0.1, 0.15) is 0 Å². The highest BCUT2D eigenvalue weighted by Gasteiger charge is 2.15. The van der Waals surface area contributed by atoms with Crippen LogP contribution in [-0.2, 0) is 6.42 Å². The number of aryl methyl sites for hydroxylation is 2. The van der Waals surface area contributed by atoms with E-state index >= 15 is 0 Å². The summed E-state index contributed by atoms with van der Waals surface area (Å²) in [5, 5.41) is 8.12. The third-order valence-electron chi connectivity index (χ3n) is 2.74. The summed E-state index contributed by atoms with van der Waals surface area (Å²) in [7, 11) is 0. The zero-order chi connectivity index (χ0) is 12.3. The van der Waals surface area contributed by atoms with Crippen molar-refractivity contribution < 1.29 is 4.42 Å². The molecule has 0 radical (unpaired) electrons. The molecule has 0 bridgehead atoms. The van der Waals surface area contributed by atoms with E-state index in [1.807, 2.05) is 26.0 Å². The van der Waals surface area contributed by atoms with Gasteiger partial charge in [0.15, 0.2) is 0 Å². The maximum atomic E-state index is 5.61. The van der Waals surface area contributed by atoms with E-state index in [2.05, 4.69) is 15.6 Å². The third kappa shape index (κ3) is 2.69. The fourth-order valence-corrected chi connectivity index (χ4v) is 1.83. The third-order valence-corrected chi connectivity index (χ3v) is 2.74. The molecule has 5 nitrogen and oxygen atoms in total. The number of nitrogens with zero attached hydrogens (tertiary/aromatic N) is 2. The van der Waals surface area contributed by atoms with Crippen LogP contribution in [0.4, 0.5) is 0 Å². The van der Waals surface area contributed by atoms with Crippen LogP contribution in [0.3, 0.4) is 0 Å². The first-order valence-electron chi connectivity index (χ1n) is 5.48. The Balaban J connectivity index is 2.25. The van der Waals surface area contributed by atoms with Crippen molar-refractivity contribution in [1.82, 2.24) is 15.6 Å². The molecule has 2 heterocycles. The molecular formula is C12H16N4O. The summed E-state index contributed by atoms with van der Waals surface area (Å²) in [6.45, 7) is 3.85. The molecule has 0 spiro atoms. The van der Waals surface area contributed by atoms with Crippen molar-refractivity contribution in [3.05, 3.63) is 47.2 Å². The molecule has 2 aromatic rings. The van der Waals surface area contributed by atoms with Crippen molar-refractivity contribution in [3.8, 4) is 0 Å². The van der Waals surface area contributed by atoms with E-state index in [4.69, 9.17) is 10.3 Å². The molecule has 17 heavy (non-hydrogen) atoms. The molecule has 0 fully saturated rings. The first kappa shape index (κ1) is 11.8. The fourth-order valence-electron chi connectivity index (χ4n) is 1.83. The van der Waals surface area contributed by atoms with E-state index in [0.717, 1.165) is 28.9 Å². The van der Waals surface area contributed by atoms with Crippen LogP contribution in [0, 0.1) is 13.8 Å². The van der Waals surface area contributed by atoms with E-state index in [1.165, 1.54) is 0 Å². The van der Waals surface area contributed by atoms with Crippen molar-refractivity contribution in [2.24, 2.45) is 5.84 Å². The molecule has 0 aliphatic rings. The van der Waals surface area contributed by atoms with Gasteiger partial charge in [0.25, 0.3) is 0 Å². The number of hydrogen-bond acceptors (Lipinski definition) is 5. The minimum atomic E-state index is 0.0156. The van der Waals surface area contributed by atoms with Crippen molar-refractivity contribution in [1.29, 1.82) is 0 Å². The summed E-state index contributed by atoms with van der Waals surface area (Å²) >= 11 is 0. The molecule has 1 unspecified atom stereocenters. The number of furan rings is 1. The van der Waals surface area contributed by atoms with Crippen molar-refractivity contribution in [3.63, 3.8) is 0 Å². The second-order valence-corrected chi connectivity index (χ2v) is 4.08. The van der Waals surface area contributed by atoms with Gasteiger partial charge >= 0.3 is 0 Å². The molecule has 90 valence electrons. The molecule has 0 aromatic carbocycles. The Labute approximate surface area is 100 Å². The van der Waals surface area contributed by atoms with Gasteiger partial charge in [-0.05, 0) is 43.5 Å². The Morgan fingerprint density at radius 3 is 2.88 bits per heavy atom. The van der Waals surface area contributed by atoms with Crippen LogP contribution >= 0.6 is 0 Å². The van der Waals surface area contributed by atoms with Crippen LogP contribution in [0.25, 0.3) is 0 Å². The standard InChI is InChI=1S/C12H16N4O/c1-8-5-11(9(2)16-15-8)12(14-13)6-10-3-4-17-7-10/h3-5,7,12,14H,6,13H2,1-2H3. The maximum Gasteiger partial charge on any atom is 0.0935 e. The highest BCUT2D eigenvalue weighted by Crippen LogP contribution is 2.20. The molecule has 3 N–H and O–H groups in total. The first-order valence-corrected chi connectivity index (χ1v) is 5.48. The highest BCUT2D eigenvalue weighted by atomic mass is 16.3. The van der Waals surface area contributed by atoms with E-state index in [0.29, 0.717) is 0 Å². The zero-order valence-electron chi connectivity index (χ0n) is 9.97. The van der Waals surface area contributed by atoms with Gasteiger partial charge in [-0.25, -0.2) is 0 Å². The second kappa shape index (κ2) is 5.07. The number of nitrogens with one attached hydrogen (secondary N) is 1. The van der Waals surface area contributed by atoms with Crippen LogP contribution in [0.2, 0.25) is 0 Å². The fraction of sp³-hybridized carbons (Fsp3) is 0.333. The number of rotatable bonds is 4. The molecule has 0 saturated heterocycles. The number of aromatic nitrogens is 2. The lowest BCUT2D eigenvalue weighted by molar-refractivity contribution is 0.531. The summed E-state index contributed by atoms with van der Waals surface area (Å²) in [6.07, 6.45) is 4.14. The molecule has 2 aromatic heterocycles. The van der Waals surface area contributed by atoms with Gasteiger partial charge in [-0.3, -0.25) is 11.3 Å². The van der Waals surface area contributed by atoms with E-state index < -0.39 is 0 Å². The molecule has 1 atom stereocenters. The largest absolute Gasteiger partial charge is 0.472 e. The average molecular weight is 232 g/mol. The lowest BCUT2D eigenvalue weighted by Crippen LogP contribution is -2.30. The van der Waals surface area contributed by atoms with E-state index in [-0.39, 0.29) is 6.04 Å². The quantitative estimate of drug-likeness (QED) is 0.616. The lowest BCUT2D eigenvalue weighted by atomic mass is 10.00. The first-order chi connectivity index (χ1) is 8.20. The Morgan fingerprint density at radius 2 is 2.24 bits per heavy atom. The van der Waals surface area contributed by atoms with Gasteiger partial charge < -0.3 is 4.42 Å². The monoisotopic (exact) mass is 232 g/mol. The molecule has 5 heteroatoms. The molecule has 0 amide bonds. The van der Waals surface area contributed by atoms with Crippen LogP contribution < -0.4 is 11.3 Å². The Hall–Kier alpha value is -1.72. The molecule has 0 aliphatic heterocycles. The van der Waals surface area contributed by atoms with Crippen molar-refractivity contribution in [2.45, 2.75) is 26.3 Å². The van der Waals surface area contributed by atoms with Crippen LogP contribution in [-0.4, -0.2) is 10.2 Å². The van der Waals surface area contributed by atoms with Gasteiger partial charge in [0, 0.05) is 0 Å². The minimum absolute atomic E-state index is 0.0156. The van der Waals surface area contributed by atoms with E-state index in [1.54, 1.807) is 12.5 Å². The Morgan fingerprint density at radius 1 is 1.41 bits per heavy atom. The molecular weight excluding hydrogens is 216 g/mol. The predicted octanol–water partition coefficient (Wildman–Crippen LogP) is 1.43. The highest BCUT2D eigenvalue weighted by molar-refractivity contribution is 5.25. The maximum absolute atomic E-state index is 5.61. The number of hydrazine groups is 1. The topological polar surface area (TPSA) is 77.0 Å². The van der Waals surface area contributed by atoms with Crippen LogP contribution in [0.15, 0.2) is 29.1 Å². The molecule has 2 rings (SSSR count). The SMILES string of the molecule is Cc1cc(C(Cc2ccoc2)NN)c(C)nn1. The Bertz CT molecular complexity index is 481. The Kier molecular flexibility index (Phi) is 3.51.